The maximum absolute atomic E-state index is 11.8. The SMILES string of the molecule is CCCC(OC(=O)On1c(O)ccc1O)OC(=O)C(C)(C)C. The van der Waals surface area contributed by atoms with Gasteiger partial charge in [0.1, 0.15) is 0 Å². The second-order valence-electron chi connectivity index (χ2n) is 5.68. The number of nitrogens with zero attached hydrogens (tertiary/aromatic N) is 1. The number of carbonyl (C=O) groups excluding carboxylic acids is 2. The van der Waals surface area contributed by atoms with Crippen LogP contribution in [0.1, 0.15) is 40.5 Å². The number of hydrogen-bond donors (Lipinski definition) is 2. The van der Waals surface area contributed by atoms with Crippen molar-refractivity contribution in [3.63, 3.8) is 0 Å². The van der Waals surface area contributed by atoms with Gasteiger partial charge in [-0.25, -0.2) is 4.79 Å². The van der Waals surface area contributed by atoms with Crippen LogP contribution in [-0.4, -0.2) is 33.4 Å². The number of esters is 1. The fourth-order valence-corrected chi connectivity index (χ4v) is 1.37. The summed E-state index contributed by atoms with van der Waals surface area (Å²) in [6.07, 6.45) is -1.43. The zero-order valence-corrected chi connectivity index (χ0v) is 13.0. The molecule has 1 aromatic rings. The lowest BCUT2D eigenvalue weighted by Gasteiger charge is -2.22. The van der Waals surface area contributed by atoms with Gasteiger partial charge in [0.2, 0.25) is 11.8 Å². The summed E-state index contributed by atoms with van der Waals surface area (Å²) in [5.74, 6) is -1.48. The summed E-state index contributed by atoms with van der Waals surface area (Å²) in [7, 11) is 0. The maximum atomic E-state index is 11.8. The first-order valence-electron chi connectivity index (χ1n) is 6.85. The summed E-state index contributed by atoms with van der Waals surface area (Å²) < 4.78 is 10.5. The molecule has 0 aromatic carbocycles. The number of aromatic hydroxyl groups is 2. The van der Waals surface area contributed by atoms with Crippen molar-refractivity contribution in [3.8, 4) is 11.8 Å². The number of carbonyl (C=O) groups is 2. The normalized spacial score (nSPS) is 12.5. The van der Waals surface area contributed by atoms with E-state index in [0.717, 1.165) is 12.1 Å². The van der Waals surface area contributed by atoms with E-state index in [9.17, 15) is 19.8 Å². The lowest BCUT2D eigenvalue weighted by molar-refractivity contribution is -0.181. The highest BCUT2D eigenvalue weighted by Crippen LogP contribution is 2.20. The Hall–Kier alpha value is -2.38. The molecule has 124 valence electrons. The first kappa shape index (κ1) is 17.7. The Morgan fingerprint density at radius 2 is 1.73 bits per heavy atom. The average molecular weight is 315 g/mol. The van der Waals surface area contributed by atoms with Gasteiger partial charge in [-0.1, -0.05) is 6.92 Å². The van der Waals surface area contributed by atoms with Crippen molar-refractivity contribution in [2.75, 3.05) is 0 Å². The molecule has 1 heterocycles. The zero-order valence-electron chi connectivity index (χ0n) is 13.0. The van der Waals surface area contributed by atoms with Crippen LogP contribution in [-0.2, 0) is 14.3 Å². The Bertz CT molecular complexity index is 510. The van der Waals surface area contributed by atoms with Gasteiger partial charge in [-0.3, -0.25) is 9.63 Å². The minimum Gasteiger partial charge on any atom is -0.492 e. The molecule has 2 N–H and O–H groups in total. The molecular formula is C14H21NO7. The molecule has 0 spiro atoms. The smallest absolute Gasteiger partial charge is 0.492 e. The molecule has 1 unspecified atom stereocenters. The van der Waals surface area contributed by atoms with Gasteiger partial charge >= 0.3 is 12.1 Å². The van der Waals surface area contributed by atoms with Crippen molar-refractivity contribution in [3.05, 3.63) is 12.1 Å². The minimum absolute atomic E-state index is 0.292. The monoisotopic (exact) mass is 315 g/mol. The van der Waals surface area contributed by atoms with Gasteiger partial charge in [0.05, 0.1) is 5.41 Å². The van der Waals surface area contributed by atoms with E-state index in [-0.39, 0.29) is 0 Å². The van der Waals surface area contributed by atoms with Crippen LogP contribution in [0.4, 0.5) is 4.79 Å². The summed E-state index contributed by atoms with van der Waals surface area (Å²) in [6.45, 7) is 6.85. The highest BCUT2D eigenvalue weighted by molar-refractivity contribution is 5.75. The summed E-state index contributed by atoms with van der Waals surface area (Å²) >= 11 is 0. The van der Waals surface area contributed by atoms with E-state index in [4.69, 9.17) is 9.47 Å². The van der Waals surface area contributed by atoms with Gasteiger partial charge in [0, 0.05) is 18.6 Å². The van der Waals surface area contributed by atoms with E-state index >= 15 is 0 Å². The van der Waals surface area contributed by atoms with Crippen LogP contribution in [0.15, 0.2) is 12.1 Å². The molecule has 0 aliphatic rings. The van der Waals surface area contributed by atoms with E-state index in [2.05, 4.69) is 4.84 Å². The number of hydrogen-bond acceptors (Lipinski definition) is 7. The summed E-state index contributed by atoms with van der Waals surface area (Å²) in [5.41, 5.74) is -0.740. The number of rotatable bonds is 5. The first-order chi connectivity index (χ1) is 10.1. The second-order valence-corrected chi connectivity index (χ2v) is 5.68. The van der Waals surface area contributed by atoms with Crippen molar-refractivity contribution in [1.82, 2.24) is 4.73 Å². The second kappa shape index (κ2) is 7.06. The molecule has 8 heteroatoms. The van der Waals surface area contributed by atoms with Crippen LogP contribution in [0.2, 0.25) is 0 Å². The Labute approximate surface area is 128 Å². The molecule has 1 aromatic heterocycles. The van der Waals surface area contributed by atoms with E-state index in [0.29, 0.717) is 17.6 Å². The molecule has 0 aliphatic carbocycles. The highest BCUT2D eigenvalue weighted by atomic mass is 16.9. The van der Waals surface area contributed by atoms with Gasteiger partial charge in [-0.2, -0.15) is 0 Å². The Morgan fingerprint density at radius 3 is 2.18 bits per heavy atom. The molecule has 0 fully saturated rings. The van der Waals surface area contributed by atoms with Crippen molar-refractivity contribution in [2.24, 2.45) is 5.41 Å². The zero-order chi connectivity index (χ0) is 16.9. The van der Waals surface area contributed by atoms with Crippen LogP contribution < -0.4 is 4.84 Å². The third-order valence-electron chi connectivity index (χ3n) is 2.57. The molecular weight excluding hydrogens is 294 g/mol. The average Bonchev–Trinajstić information content (AvgIpc) is 2.69. The fourth-order valence-electron chi connectivity index (χ4n) is 1.37. The molecule has 1 rings (SSSR count). The molecule has 0 saturated heterocycles. The third kappa shape index (κ3) is 4.87. The lowest BCUT2D eigenvalue weighted by atomic mass is 9.97. The molecule has 8 nitrogen and oxygen atoms in total. The van der Waals surface area contributed by atoms with E-state index < -0.39 is 35.6 Å². The van der Waals surface area contributed by atoms with Crippen molar-refractivity contribution in [1.29, 1.82) is 0 Å². The van der Waals surface area contributed by atoms with Gasteiger partial charge in [0.15, 0.2) is 0 Å². The van der Waals surface area contributed by atoms with Crippen LogP contribution in [0.3, 0.4) is 0 Å². The molecule has 0 aliphatic heterocycles. The molecule has 1 atom stereocenters. The highest BCUT2D eigenvalue weighted by Gasteiger charge is 2.28. The largest absolute Gasteiger partial charge is 0.537 e. The standard InChI is InChI=1S/C14H21NO7/c1-5-6-11(20-12(18)14(2,3)4)21-13(19)22-15-9(16)7-8-10(15)17/h7-8,11,16-17H,5-6H2,1-4H3. The predicted octanol–water partition coefficient (Wildman–Crippen LogP) is 2.18. The van der Waals surface area contributed by atoms with Gasteiger partial charge in [0.25, 0.3) is 6.29 Å². The van der Waals surface area contributed by atoms with Crippen LogP contribution in [0.5, 0.6) is 11.8 Å². The molecule has 0 amide bonds. The van der Waals surface area contributed by atoms with Gasteiger partial charge < -0.3 is 19.7 Å². The molecule has 0 saturated carbocycles. The summed E-state index contributed by atoms with van der Waals surface area (Å²) in [5, 5.41) is 18.7. The molecule has 22 heavy (non-hydrogen) atoms. The summed E-state index contributed by atoms with van der Waals surface area (Å²) in [6, 6.07) is 2.26. The van der Waals surface area contributed by atoms with E-state index in [1.807, 2.05) is 6.92 Å². The quantitative estimate of drug-likeness (QED) is 0.633. The van der Waals surface area contributed by atoms with Crippen LogP contribution in [0, 0.1) is 5.41 Å². The molecule has 0 radical (unpaired) electrons. The fraction of sp³-hybridized carbons (Fsp3) is 0.571. The van der Waals surface area contributed by atoms with Crippen molar-refractivity contribution >= 4 is 12.1 Å². The minimum atomic E-state index is -1.22. The van der Waals surface area contributed by atoms with E-state index in [1.165, 1.54) is 0 Å². The maximum Gasteiger partial charge on any atom is 0.537 e. The number of aromatic nitrogens is 1. The van der Waals surface area contributed by atoms with Gasteiger partial charge in [-0.15, -0.1) is 4.73 Å². The molecule has 0 bridgehead atoms. The lowest BCUT2D eigenvalue weighted by Crippen LogP contribution is -2.33. The summed E-state index contributed by atoms with van der Waals surface area (Å²) in [4.78, 5) is 28.1. The topological polar surface area (TPSA) is 107 Å². The van der Waals surface area contributed by atoms with Crippen LogP contribution in [0.25, 0.3) is 0 Å². The predicted molar refractivity (Wildman–Crippen MR) is 75.1 cm³/mol. The Balaban J connectivity index is 2.66. The Kier molecular flexibility index (Phi) is 5.67. The number of ether oxygens (including phenoxy) is 2. The van der Waals surface area contributed by atoms with Gasteiger partial charge in [-0.05, 0) is 27.2 Å². The Morgan fingerprint density at radius 1 is 1.18 bits per heavy atom. The third-order valence-corrected chi connectivity index (χ3v) is 2.57. The van der Waals surface area contributed by atoms with Crippen molar-refractivity contribution in [2.45, 2.75) is 46.8 Å². The van der Waals surface area contributed by atoms with Crippen LogP contribution >= 0.6 is 0 Å². The van der Waals surface area contributed by atoms with Crippen molar-refractivity contribution < 1.29 is 34.1 Å². The first-order valence-corrected chi connectivity index (χ1v) is 6.85. The van der Waals surface area contributed by atoms with E-state index in [1.54, 1.807) is 20.8 Å².